The Balaban J connectivity index is 1.66. The third kappa shape index (κ3) is 4.73. The lowest BCUT2D eigenvalue weighted by atomic mass is 9.75. The van der Waals surface area contributed by atoms with Crippen LogP contribution in [0.15, 0.2) is 0 Å². The molecule has 0 atom stereocenters. The lowest BCUT2D eigenvalue weighted by molar-refractivity contribution is 0.110. The van der Waals surface area contributed by atoms with Crippen LogP contribution in [0.2, 0.25) is 0 Å². The largest absolute Gasteiger partial charge is 0.328 e. The summed E-state index contributed by atoms with van der Waals surface area (Å²) in [4.78, 5) is 5.19. The predicted molar refractivity (Wildman–Crippen MR) is 82.3 cm³/mol. The van der Waals surface area contributed by atoms with Gasteiger partial charge in [-0.05, 0) is 64.1 Å². The second-order valence-corrected chi connectivity index (χ2v) is 7.56. The quantitative estimate of drug-likeness (QED) is 0.848. The van der Waals surface area contributed by atoms with Crippen molar-refractivity contribution < 1.29 is 0 Å². The third-order valence-corrected chi connectivity index (χ3v) is 5.33. The minimum atomic E-state index is 0.453. The number of likely N-dealkylation sites (tertiary alicyclic amines) is 1. The smallest absolute Gasteiger partial charge is 0.0109 e. The fourth-order valence-electron chi connectivity index (χ4n) is 3.48. The van der Waals surface area contributed by atoms with Crippen molar-refractivity contribution in [3.63, 3.8) is 0 Å². The van der Waals surface area contributed by atoms with Crippen molar-refractivity contribution in [3.05, 3.63) is 0 Å². The van der Waals surface area contributed by atoms with E-state index in [1.807, 2.05) is 0 Å². The Morgan fingerprint density at radius 2 is 1.68 bits per heavy atom. The molecule has 0 amide bonds. The van der Waals surface area contributed by atoms with Gasteiger partial charge in [0.1, 0.15) is 0 Å². The van der Waals surface area contributed by atoms with Crippen LogP contribution < -0.4 is 5.73 Å². The van der Waals surface area contributed by atoms with Gasteiger partial charge in [-0.2, -0.15) is 0 Å². The summed E-state index contributed by atoms with van der Waals surface area (Å²) in [6, 6.07) is 1.27. The number of rotatable bonds is 4. The molecule has 1 saturated carbocycles. The zero-order valence-corrected chi connectivity index (χ0v) is 13.2. The van der Waals surface area contributed by atoms with Gasteiger partial charge < -0.3 is 15.5 Å². The number of hydrogen-bond acceptors (Lipinski definition) is 3. The average Bonchev–Trinajstić information content (AvgIpc) is 2.37. The monoisotopic (exact) mass is 267 g/mol. The van der Waals surface area contributed by atoms with Crippen LogP contribution in [0.3, 0.4) is 0 Å². The minimum absolute atomic E-state index is 0.453. The Bertz CT molecular complexity index is 259. The molecule has 0 radical (unpaired) electrons. The van der Waals surface area contributed by atoms with E-state index in [4.69, 9.17) is 5.73 Å². The molecular weight excluding hydrogens is 234 g/mol. The standard InChI is InChI=1S/C16H33N3/c1-16(2)8-4-15(5-9-16)18(3)12-13-19-10-6-14(17)7-11-19/h14-15H,4-13,17H2,1-3H3. The molecule has 2 rings (SSSR count). The maximum Gasteiger partial charge on any atom is 0.0109 e. The summed E-state index contributed by atoms with van der Waals surface area (Å²) in [7, 11) is 2.32. The van der Waals surface area contributed by atoms with Crippen molar-refractivity contribution in [1.82, 2.24) is 9.80 Å². The van der Waals surface area contributed by atoms with Gasteiger partial charge in [0.05, 0.1) is 0 Å². The highest BCUT2D eigenvalue weighted by atomic mass is 15.2. The number of hydrogen-bond donors (Lipinski definition) is 1. The highest BCUT2D eigenvalue weighted by Crippen LogP contribution is 2.36. The summed E-state index contributed by atoms with van der Waals surface area (Å²) in [5.41, 5.74) is 6.54. The summed E-state index contributed by atoms with van der Waals surface area (Å²) >= 11 is 0. The van der Waals surface area contributed by atoms with Crippen molar-refractivity contribution in [2.45, 2.75) is 64.5 Å². The van der Waals surface area contributed by atoms with E-state index in [9.17, 15) is 0 Å². The summed E-state index contributed by atoms with van der Waals surface area (Å²) in [6.07, 6.45) is 7.91. The molecular formula is C16H33N3. The van der Waals surface area contributed by atoms with Crippen LogP contribution in [0.5, 0.6) is 0 Å². The topological polar surface area (TPSA) is 32.5 Å². The molecule has 2 N–H and O–H groups in total. The van der Waals surface area contributed by atoms with Gasteiger partial charge >= 0.3 is 0 Å². The van der Waals surface area contributed by atoms with E-state index in [2.05, 4.69) is 30.7 Å². The Morgan fingerprint density at radius 1 is 1.11 bits per heavy atom. The molecule has 0 spiro atoms. The van der Waals surface area contributed by atoms with E-state index in [0.29, 0.717) is 11.5 Å². The van der Waals surface area contributed by atoms with Gasteiger partial charge in [0.2, 0.25) is 0 Å². The van der Waals surface area contributed by atoms with E-state index in [1.54, 1.807) is 0 Å². The van der Waals surface area contributed by atoms with Crippen LogP contribution in [0.25, 0.3) is 0 Å². The number of nitrogens with two attached hydrogens (primary N) is 1. The van der Waals surface area contributed by atoms with Crippen LogP contribution in [0.1, 0.15) is 52.4 Å². The van der Waals surface area contributed by atoms with E-state index in [0.717, 1.165) is 6.04 Å². The van der Waals surface area contributed by atoms with Crippen molar-refractivity contribution >= 4 is 0 Å². The molecule has 112 valence electrons. The highest BCUT2D eigenvalue weighted by Gasteiger charge is 2.28. The summed E-state index contributed by atoms with van der Waals surface area (Å²) in [5.74, 6) is 0. The second-order valence-electron chi connectivity index (χ2n) is 7.56. The predicted octanol–water partition coefficient (Wildman–Crippen LogP) is 2.31. The lowest BCUT2D eigenvalue weighted by Gasteiger charge is -2.39. The highest BCUT2D eigenvalue weighted by molar-refractivity contribution is 4.83. The normalized spacial score (nSPS) is 27.0. The third-order valence-electron chi connectivity index (χ3n) is 5.33. The molecule has 1 aliphatic heterocycles. The molecule has 1 saturated heterocycles. The molecule has 3 heteroatoms. The lowest BCUT2D eigenvalue weighted by Crippen LogP contribution is -2.45. The molecule has 0 aromatic heterocycles. The van der Waals surface area contributed by atoms with Gasteiger partial charge in [0.15, 0.2) is 0 Å². The Kier molecular flexibility index (Phi) is 5.27. The molecule has 0 aromatic rings. The summed E-state index contributed by atoms with van der Waals surface area (Å²) in [5, 5.41) is 0. The van der Waals surface area contributed by atoms with Crippen LogP contribution in [-0.2, 0) is 0 Å². The van der Waals surface area contributed by atoms with Gasteiger partial charge in [-0.1, -0.05) is 13.8 Å². The molecule has 2 fully saturated rings. The first-order valence-corrected chi connectivity index (χ1v) is 8.14. The van der Waals surface area contributed by atoms with Gasteiger partial charge in [0.25, 0.3) is 0 Å². The van der Waals surface area contributed by atoms with Crippen LogP contribution >= 0.6 is 0 Å². The van der Waals surface area contributed by atoms with Crippen molar-refractivity contribution in [2.24, 2.45) is 11.1 Å². The second kappa shape index (κ2) is 6.55. The number of piperidine rings is 1. The zero-order chi connectivity index (χ0) is 13.9. The van der Waals surface area contributed by atoms with Crippen molar-refractivity contribution in [2.75, 3.05) is 33.2 Å². The molecule has 3 nitrogen and oxygen atoms in total. The molecule has 0 aromatic carbocycles. The van der Waals surface area contributed by atoms with Crippen molar-refractivity contribution in [1.29, 1.82) is 0 Å². The Morgan fingerprint density at radius 3 is 2.26 bits per heavy atom. The van der Waals surface area contributed by atoms with E-state index < -0.39 is 0 Å². The maximum absolute atomic E-state index is 5.96. The van der Waals surface area contributed by atoms with Crippen LogP contribution in [-0.4, -0.2) is 55.1 Å². The fourth-order valence-corrected chi connectivity index (χ4v) is 3.48. The average molecular weight is 267 g/mol. The van der Waals surface area contributed by atoms with E-state index >= 15 is 0 Å². The molecule has 1 heterocycles. The number of nitrogens with zero attached hydrogens (tertiary/aromatic N) is 2. The van der Waals surface area contributed by atoms with E-state index in [1.165, 1.54) is 64.7 Å². The van der Waals surface area contributed by atoms with E-state index in [-0.39, 0.29) is 0 Å². The maximum atomic E-state index is 5.96. The van der Waals surface area contributed by atoms with Gasteiger partial charge in [-0.25, -0.2) is 0 Å². The van der Waals surface area contributed by atoms with Crippen LogP contribution in [0, 0.1) is 5.41 Å². The van der Waals surface area contributed by atoms with Gasteiger partial charge in [0, 0.05) is 25.2 Å². The van der Waals surface area contributed by atoms with Crippen molar-refractivity contribution in [3.8, 4) is 0 Å². The van der Waals surface area contributed by atoms with Gasteiger partial charge in [-0.3, -0.25) is 0 Å². The first kappa shape index (κ1) is 15.3. The summed E-state index contributed by atoms with van der Waals surface area (Å²) < 4.78 is 0. The first-order chi connectivity index (χ1) is 8.96. The minimum Gasteiger partial charge on any atom is -0.328 e. The fraction of sp³-hybridized carbons (Fsp3) is 1.00. The Hall–Kier alpha value is -0.120. The van der Waals surface area contributed by atoms with Crippen LogP contribution in [0.4, 0.5) is 0 Å². The SMILES string of the molecule is CN(CCN1CCC(N)CC1)C1CCC(C)(C)CC1. The molecule has 0 unspecified atom stereocenters. The summed E-state index contributed by atoms with van der Waals surface area (Å²) in [6.45, 7) is 9.68. The molecule has 0 bridgehead atoms. The zero-order valence-electron chi connectivity index (χ0n) is 13.2. The molecule has 19 heavy (non-hydrogen) atoms. The first-order valence-electron chi connectivity index (χ1n) is 8.14. The molecule has 1 aliphatic carbocycles. The van der Waals surface area contributed by atoms with Gasteiger partial charge in [-0.15, -0.1) is 0 Å². The number of likely N-dealkylation sites (N-methyl/N-ethyl adjacent to an activating group) is 1. The Labute approximate surface area is 119 Å². The molecule has 2 aliphatic rings.